The average Bonchev–Trinajstić information content (AvgIpc) is 3.36. The van der Waals surface area contributed by atoms with Gasteiger partial charge in [-0.05, 0) is 42.7 Å². The van der Waals surface area contributed by atoms with E-state index in [1.807, 2.05) is 48.7 Å². The molecule has 5 nitrogen and oxygen atoms in total. The Morgan fingerprint density at radius 3 is 2.71 bits per heavy atom. The Bertz CT molecular complexity index is 1130. The lowest BCUT2D eigenvalue weighted by Gasteiger charge is -2.30. The molecule has 140 valence electrons. The lowest BCUT2D eigenvalue weighted by molar-refractivity contribution is -0.142. The number of likely N-dealkylation sites (tertiary alicyclic amines) is 1. The molecule has 0 saturated carbocycles. The first-order valence-electron chi connectivity index (χ1n) is 9.40. The van der Waals surface area contributed by atoms with E-state index in [4.69, 9.17) is 4.98 Å². The Morgan fingerprint density at radius 1 is 1.11 bits per heavy atom. The van der Waals surface area contributed by atoms with Crippen molar-refractivity contribution in [3.8, 4) is 0 Å². The average molecular weight is 389 g/mol. The Morgan fingerprint density at radius 2 is 1.89 bits per heavy atom. The van der Waals surface area contributed by atoms with Gasteiger partial charge in [-0.3, -0.25) is 14.7 Å². The fourth-order valence-electron chi connectivity index (χ4n) is 4.18. The minimum atomic E-state index is -0.762. The number of carboxylic acids is 1. The molecule has 1 N–H and O–H groups in total. The highest BCUT2D eigenvalue weighted by Gasteiger charge is 2.38. The van der Waals surface area contributed by atoms with Crippen molar-refractivity contribution in [3.05, 3.63) is 71.4 Å². The Kier molecular flexibility index (Phi) is 4.30. The normalized spacial score (nSPS) is 18.6. The number of hydrogen-bond donors (Lipinski definition) is 1. The Balaban J connectivity index is 1.73. The first-order chi connectivity index (χ1) is 13.7. The van der Waals surface area contributed by atoms with Gasteiger partial charge in [0.25, 0.3) is 0 Å². The summed E-state index contributed by atoms with van der Waals surface area (Å²) in [5.74, 6) is -0.762. The van der Waals surface area contributed by atoms with Crippen molar-refractivity contribution in [2.75, 3.05) is 6.54 Å². The number of benzene rings is 2. The molecule has 0 spiro atoms. The van der Waals surface area contributed by atoms with E-state index in [2.05, 4.69) is 22.0 Å². The van der Waals surface area contributed by atoms with Gasteiger partial charge >= 0.3 is 5.97 Å². The van der Waals surface area contributed by atoms with Gasteiger partial charge in [0.1, 0.15) is 11.0 Å². The topological polar surface area (TPSA) is 66.3 Å². The van der Waals surface area contributed by atoms with Crippen molar-refractivity contribution in [1.82, 2.24) is 14.9 Å². The van der Waals surface area contributed by atoms with Gasteiger partial charge < -0.3 is 5.11 Å². The molecule has 1 saturated heterocycles. The van der Waals surface area contributed by atoms with E-state index in [-0.39, 0.29) is 6.04 Å². The van der Waals surface area contributed by atoms with Crippen molar-refractivity contribution in [2.45, 2.75) is 24.9 Å². The van der Waals surface area contributed by atoms with E-state index < -0.39 is 12.0 Å². The van der Waals surface area contributed by atoms with Gasteiger partial charge in [0.15, 0.2) is 0 Å². The SMILES string of the molecule is O=C(O)C1CCCN1C(c1nc2ccccc2s1)c1ccnc2ccccc12. The monoisotopic (exact) mass is 389 g/mol. The molecule has 2 unspecified atom stereocenters. The van der Waals surface area contributed by atoms with Crippen LogP contribution in [0.2, 0.25) is 0 Å². The molecular weight excluding hydrogens is 370 g/mol. The lowest BCUT2D eigenvalue weighted by atomic mass is 10.00. The predicted molar refractivity (Wildman–Crippen MR) is 111 cm³/mol. The van der Waals surface area contributed by atoms with E-state index in [1.165, 1.54) is 0 Å². The van der Waals surface area contributed by atoms with Crippen LogP contribution in [0.3, 0.4) is 0 Å². The van der Waals surface area contributed by atoms with Gasteiger partial charge in [0, 0.05) is 18.1 Å². The zero-order valence-electron chi connectivity index (χ0n) is 15.2. The first kappa shape index (κ1) is 17.3. The summed E-state index contributed by atoms with van der Waals surface area (Å²) in [5.41, 5.74) is 2.94. The van der Waals surface area contributed by atoms with E-state index in [9.17, 15) is 9.90 Å². The van der Waals surface area contributed by atoms with E-state index >= 15 is 0 Å². The zero-order valence-corrected chi connectivity index (χ0v) is 16.0. The number of carbonyl (C=O) groups is 1. The molecule has 3 heterocycles. The summed E-state index contributed by atoms with van der Waals surface area (Å²) in [6.45, 7) is 0.744. The van der Waals surface area contributed by atoms with E-state index in [1.54, 1.807) is 11.3 Å². The molecule has 0 radical (unpaired) electrons. The third-order valence-corrected chi connectivity index (χ3v) is 6.52. The van der Waals surface area contributed by atoms with Crippen molar-refractivity contribution < 1.29 is 9.90 Å². The van der Waals surface area contributed by atoms with Crippen LogP contribution in [0.1, 0.15) is 29.5 Å². The second-order valence-corrected chi connectivity index (χ2v) is 8.14. The molecule has 5 rings (SSSR count). The summed E-state index contributed by atoms with van der Waals surface area (Å²) in [6.07, 6.45) is 3.35. The molecule has 1 aliphatic heterocycles. The van der Waals surface area contributed by atoms with Crippen molar-refractivity contribution in [3.63, 3.8) is 0 Å². The second-order valence-electron chi connectivity index (χ2n) is 7.07. The number of aromatic nitrogens is 2. The molecule has 1 fully saturated rings. The van der Waals surface area contributed by atoms with Crippen LogP contribution < -0.4 is 0 Å². The molecule has 4 aromatic rings. The lowest BCUT2D eigenvalue weighted by Crippen LogP contribution is -2.39. The van der Waals surface area contributed by atoms with Gasteiger partial charge in [-0.15, -0.1) is 11.3 Å². The fraction of sp³-hybridized carbons (Fsp3) is 0.227. The first-order valence-corrected chi connectivity index (χ1v) is 10.2. The van der Waals surface area contributed by atoms with Gasteiger partial charge in [-0.1, -0.05) is 30.3 Å². The number of aliphatic carboxylic acids is 1. The molecule has 2 aromatic carbocycles. The van der Waals surface area contributed by atoms with Crippen LogP contribution in [0.5, 0.6) is 0 Å². The van der Waals surface area contributed by atoms with Crippen molar-refractivity contribution in [2.24, 2.45) is 0 Å². The second kappa shape index (κ2) is 6.96. The molecule has 0 aliphatic carbocycles. The molecule has 2 atom stereocenters. The van der Waals surface area contributed by atoms with Crippen molar-refractivity contribution in [1.29, 1.82) is 0 Å². The van der Waals surface area contributed by atoms with Crippen LogP contribution >= 0.6 is 11.3 Å². The number of nitrogens with zero attached hydrogens (tertiary/aromatic N) is 3. The summed E-state index contributed by atoms with van der Waals surface area (Å²) in [7, 11) is 0. The molecule has 28 heavy (non-hydrogen) atoms. The molecule has 2 aromatic heterocycles. The number of hydrogen-bond acceptors (Lipinski definition) is 5. The summed E-state index contributed by atoms with van der Waals surface area (Å²) < 4.78 is 1.12. The highest BCUT2D eigenvalue weighted by atomic mass is 32.1. The maximum atomic E-state index is 11.9. The third-order valence-electron chi connectivity index (χ3n) is 5.43. The summed E-state index contributed by atoms with van der Waals surface area (Å²) in [4.78, 5) is 23.4. The summed E-state index contributed by atoms with van der Waals surface area (Å²) in [5, 5.41) is 11.8. The molecule has 0 bridgehead atoms. The van der Waals surface area contributed by atoms with Gasteiger partial charge in [0.05, 0.1) is 21.8 Å². The number of pyridine rings is 1. The summed E-state index contributed by atoms with van der Waals surface area (Å²) in [6, 6.07) is 17.4. The Hall–Kier alpha value is -2.83. The number of carboxylic acid groups (broad SMARTS) is 1. The molecular formula is C22H19N3O2S. The van der Waals surface area contributed by atoms with Gasteiger partial charge in [-0.25, -0.2) is 4.98 Å². The zero-order chi connectivity index (χ0) is 19.1. The number of thiazole rings is 1. The fourth-order valence-corrected chi connectivity index (χ4v) is 5.29. The molecule has 1 aliphatic rings. The van der Waals surface area contributed by atoms with Crippen molar-refractivity contribution >= 4 is 38.4 Å². The van der Waals surface area contributed by atoms with Crippen LogP contribution in [-0.2, 0) is 4.79 Å². The number of para-hydroxylation sites is 2. The van der Waals surface area contributed by atoms with Gasteiger partial charge in [0.2, 0.25) is 0 Å². The van der Waals surface area contributed by atoms with Gasteiger partial charge in [-0.2, -0.15) is 0 Å². The highest BCUT2D eigenvalue weighted by Crippen LogP contribution is 2.40. The maximum absolute atomic E-state index is 11.9. The van der Waals surface area contributed by atoms with E-state index in [0.29, 0.717) is 6.42 Å². The largest absolute Gasteiger partial charge is 0.480 e. The molecule has 0 amide bonds. The van der Waals surface area contributed by atoms with Crippen LogP contribution in [0.25, 0.3) is 21.1 Å². The third kappa shape index (κ3) is 2.85. The predicted octanol–water partition coefficient (Wildman–Crippen LogP) is 4.48. The number of fused-ring (bicyclic) bond motifs is 2. The van der Waals surface area contributed by atoms with Crippen LogP contribution in [0, 0.1) is 0 Å². The molecule has 6 heteroatoms. The van der Waals surface area contributed by atoms with Crippen LogP contribution in [0.15, 0.2) is 60.8 Å². The number of rotatable bonds is 4. The van der Waals surface area contributed by atoms with Crippen LogP contribution in [-0.4, -0.2) is 38.5 Å². The maximum Gasteiger partial charge on any atom is 0.320 e. The summed E-state index contributed by atoms with van der Waals surface area (Å²) >= 11 is 1.64. The van der Waals surface area contributed by atoms with E-state index in [0.717, 1.165) is 44.7 Å². The minimum absolute atomic E-state index is 0.200. The quantitative estimate of drug-likeness (QED) is 0.557. The highest BCUT2D eigenvalue weighted by molar-refractivity contribution is 7.18. The standard InChI is InChI=1S/C22H19N3O2S/c26-22(27)18-9-5-13-25(18)20(21-24-17-8-3-4-10-19(17)28-21)15-11-12-23-16-7-2-1-6-14(15)16/h1-4,6-8,10-12,18,20H,5,9,13H2,(H,26,27). The van der Waals surface area contributed by atoms with Crippen LogP contribution in [0.4, 0.5) is 0 Å². The Labute approximate surface area is 166 Å². The minimum Gasteiger partial charge on any atom is -0.480 e. The smallest absolute Gasteiger partial charge is 0.320 e.